The first kappa shape index (κ1) is 32.7. The van der Waals surface area contributed by atoms with Gasteiger partial charge in [0.2, 0.25) is 23.6 Å². The van der Waals surface area contributed by atoms with Gasteiger partial charge in [-0.15, -0.1) is 0 Å². The Bertz CT molecular complexity index is 2160. The van der Waals surface area contributed by atoms with Gasteiger partial charge in [0.1, 0.15) is 17.3 Å². The van der Waals surface area contributed by atoms with E-state index in [1.165, 1.54) is 30.2 Å². The number of phenolic OH excluding ortho intramolecular Hbond substituents is 1. The number of fused-ring (bicyclic) bond motifs is 4. The lowest BCUT2D eigenvalue weighted by molar-refractivity contribution is -0.131. The standard InChI is InChI=1S/C40H33ClFN3O6/c1-40-30(37(48)45(39(40)50)24-12-16-32(42)31(41)18-24)20-28-26(35(40)29-19-25(51-2)13-17-33(29)46)14-15-27-34(28)38(49)44(36(27)47)23-10-8-22(9-11-23)43-21-6-4-3-5-7-21/h3-14,16-19,27-28,30,34-35,43,46H,15,20H2,1-2H3/t27-,28+,30-,34-,35+,40+/m0/s1. The molecule has 51 heavy (non-hydrogen) atoms. The van der Waals surface area contributed by atoms with Gasteiger partial charge in [0.15, 0.2) is 0 Å². The zero-order valence-corrected chi connectivity index (χ0v) is 28.4. The highest BCUT2D eigenvalue weighted by molar-refractivity contribution is 6.32. The summed E-state index contributed by atoms with van der Waals surface area (Å²) in [6.07, 6.45) is 2.27. The van der Waals surface area contributed by atoms with Gasteiger partial charge in [0.25, 0.3) is 0 Å². The van der Waals surface area contributed by atoms with Gasteiger partial charge in [-0.3, -0.25) is 24.1 Å². The molecule has 2 aliphatic heterocycles. The number of ether oxygens (including phenoxy) is 1. The zero-order chi connectivity index (χ0) is 35.8. The van der Waals surface area contributed by atoms with E-state index >= 15 is 0 Å². The SMILES string of the molecule is COc1ccc(O)c([C@H]2C3=CC[C@@H]4C(=O)N(c5ccc(Nc6ccccc6)cc5)C(=O)[C@@H]4[C@@H]3C[C@H]3C(=O)N(c4ccc(F)c(Cl)c4)C(=O)[C@@]23C)c1. The molecule has 9 nitrogen and oxygen atoms in total. The monoisotopic (exact) mass is 705 g/mol. The number of hydrogen-bond acceptors (Lipinski definition) is 7. The minimum absolute atomic E-state index is 0.104. The van der Waals surface area contributed by atoms with E-state index in [0.717, 1.165) is 22.3 Å². The molecule has 2 N–H and O–H groups in total. The van der Waals surface area contributed by atoms with Crippen LogP contribution in [0.5, 0.6) is 11.5 Å². The van der Waals surface area contributed by atoms with Crippen molar-refractivity contribution in [3.05, 3.63) is 119 Å². The summed E-state index contributed by atoms with van der Waals surface area (Å²) < 4.78 is 19.7. The summed E-state index contributed by atoms with van der Waals surface area (Å²) in [4.78, 5) is 59.7. The zero-order valence-electron chi connectivity index (χ0n) is 27.7. The smallest absolute Gasteiger partial charge is 0.241 e. The number of allylic oxidation sites excluding steroid dienone is 2. The molecule has 0 radical (unpaired) electrons. The highest BCUT2D eigenvalue weighted by atomic mass is 35.5. The summed E-state index contributed by atoms with van der Waals surface area (Å²) in [6.45, 7) is 1.70. The summed E-state index contributed by atoms with van der Waals surface area (Å²) in [6, 6.07) is 25.1. The lowest BCUT2D eigenvalue weighted by Gasteiger charge is -2.49. The van der Waals surface area contributed by atoms with E-state index in [4.69, 9.17) is 16.3 Å². The summed E-state index contributed by atoms with van der Waals surface area (Å²) in [5.41, 5.74) is 1.91. The number of imide groups is 2. The van der Waals surface area contributed by atoms with Crippen molar-refractivity contribution in [2.75, 3.05) is 22.2 Å². The Labute approximate surface area is 298 Å². The Morgan fingerprint density at radius 2 is 1.55 bits per heavy atom. The first-order chi connectivity index (χ1) is 24.5. The van der Waals surface area contributed by atoms with E-state index in [1.807, 2.05) is 36.4 Å². The summed E-state index contributed by atoms with van der Waals surface area (Å²) in [5.74, 6) is -5.97. The van der Waals surface area contributed by atoms with Gasteiger partial charge in [0, 0.05) is 22.9 Å². The van der Waals surface area contributed by atoms with Crippen molar-refractivity contribution in [2.45, 2.75) is 25.7 Å². The Balaban J connectivity index is 1.19. The van der Waals surface area contributed by atoms with E-state index in [-0.39, 0.29) is 41.1 Å². The van der Waals surface area contributed by atoms with Crippen molar-refractivity contribution in [1.29, 1.82) is 0 Å². The molecule has 0 bridgehead atoms. The van der Waals surface area contributed by atoms with Crippen molar-refractivity contribution < 1.29 is 33.4 Å². The molecule has 2 saturated heterocycles. The minimum atomic E-state index is -1.41. The van der Waals surface area contributed by atoms with Gasteiger partial charge in [-0.05, 0) is 98.5 Å². The number of nitrogens with one attached hydrogen (secondary N) is 1. The molecular weight excluding hydrogens is 673 g/mol. The van der Waals surface area contributed by atoms with Gasteiger partial charge >= 0.3 is 0 Å². The topological polar surface area (TPSA) is 116 Å². The number of phenols is 1. The normalized spacial score (nSPS) is 26.8. The maximum Gasteiger partial charge on any atom is 0.241 e. The third-order valence-corrected chi connectivity index (χ3v) is 11.5. The molecule has 258 valence electrons. The predicted molar refractivity (Wildman–Crippen MR) is 189 cm³/mol. The number of amides is 4. The molecule has 0 aromatic heterocycles. The largest absolute Gasteiger partial charge is 0.508 e. The number of anilines is 4. The van der Waals surface area contributed by atoms with E-state index < -0.39 is 52.6 Å². The molecule has 2 heterocycles. The van der Waals surface area contributed by atoms with Crippen LogP contribution in [0.1, 0.15) is 31.2 Å². The number of carbonyl (C=O) groups excluding carboxylic acids is 4. The molecule has 11 heteroatoms. The Morgan fingerprint density at radius 1 is 0.843 bits per heavy atom. The quantitative estimate of drug-likeness (QED) is 0.159. The van der Waals surface area contributed by atoms with Crippen LogP contribution < -0.4 is 19.9 Å². The molecule has 0 spiro atoms. The Morgan fingerprint density at radius 3 is 2.25 bits per heavy atom. The van der Waals surface area contributed by atoms with Crippen LogP contribution in [0.2, 0.25) is 5.02 Å². The summed E-state index contributed by atoms with van der Waals surface area (Å²) >= 11 is 6.10. The van der Waals surface area contributed by atoms with Crippen molar-refractivity contribution >= 4 is 58.0 Å². The van der Waals surface area contributed by atoms with Crippen LogP contribution in [-0.4, -0.2) is 35.8 Å². The van der Waals surface area contributed by atoms with E-state index in [1.54, 1.807) is 43.3 Å². The van der Waals surface area contributed by atoms with Crippen LogP contribution >= 0.6 is 11.6 Å². The van der Waals surface area contributed by atoms with Crippen molar-refractivity contribution in [1.82, 2.24) is 0 Å². The number of hydrogen-bond donors (Lipinski definition) is 2. The Kier molecular flexibility index (Phi) is 7.75. The molecule has 4 amide bonds. The van der Waals surface area contributed by atoms with Crippen LogP contribution in [0.3, 0.4) is 0 Å². The van der Waals surface area contributed by atoms with Gasteiger partial charge in [-0.1, -0.05) is 41.4 Å². The average molecular weight is 706 g/mol. The van der Waals surface area contributed by atoms with Crippen LogP contribution in [0.15, 0.2) is 103 Å². The first-order valence-corrected chi connectivity index (χ1v) is 17.1. The number of benzene rings is 4. The van der Waals surface area contributed by atoms with Gasteiger partial charge in [0.05, 0.1) is 46.7 Å². The molecule has 4 aromatic rings. The second kappa shape index (κ2) is 12.1. The fraction of sp³-hybridized carbons (Fsp3) is 0.250. The van der Waals surface area contributed by atoms with Gasteiger partial charge in [-0.25, -0.2) is 9.29 Å². The fourth-order valence-corrected chi connectivity index (χ4v) is 8.93. The molecule has 2 aliphatic carbocycles. The molecule has 1 saturated carbocycles. The maximum atomic E-state index is 14.6. The van der Waals surface area contributed by atoms with Crippen molar-refractivity contribution in [3.63, 3.8) is 0 Å². The van der Waals surface area contributed by atoms with Gasteiger partial charge in [-0.2, -0.15) is 0 Å². The summed E-state index contributed by atoms with van der Waals surface area (Å²) in [5, 5.41) is 14.4. The fourth-order valence-electron chi connectivity index (χ4n) is 8.76. The highest BCUT2D eigenvalue weighted by Gasteiger charge is 2.68. The van der Waals surface area contributed by atoms with Gasteiger partial charge < -0.3 is 15.2 Å². The number of para-hydroxylation sites is 1. The molecule has 6 atom stereocenters. The van der Waals surface area contributed by atoms with Crippen LogP contribution in [-0.2, 0) is 19.2 Å². The molecule has 0 unspecified atom stereocenters. The predicted octanol–water partition coefficient (Wildman–Crippen LogP) is 7.37. The van der Waals surface area contributed by atoms with Crippen molar-refractivity contribution in [3.8, 4) is 11.5 Å². The average Bonchev–Trinajstić information content (AvgIpc) is 3.50. The van der Waals surface area contributed by atoms with Crippen LogP contribution in [0.25, 0.3) is 0 Å². The van der Waals surface area contributed by atoms with Crippen LogP contribution in [0.4, 0.5) is 27.1 Å². The molecule has 8 rings (SSSR count). The van der Waals surface area contributed by atoms with E-state index in [0.29, 0.717) is 22.6 Å². The second-order valence-corrected chi connectivity index (χ2v) is 14.1. The molecule has 4 aromatic carbocycles. The number of nitrogens with zero attached hydrogens (tertiary/aromatic N) is 2. The number of halogens is 2. The molecule has 3 fully saturated rings. The lowest BCUT2D eigenvalue weighted by Crippen LogP contribution is -2.48. The molecule has 4 aliphatic rings. The lowest BCUT2D eigenvalue weighted by atomic mass is 9.51. The summed E-state index contributed by atoms with van der Waals surface area (Å²) in [7, 11) is 1.49. The maximum absolute atomic E-state index is 14.6. The number of carbonyl (C=O) groups is 4. The van der Waals surface area contributed by atoms with Crippen molar-refractivity contribution in [2.24, 2.45) is 29.1 Å². The Hall–Kier alpha value is -5.48. The van der Waals surface area contributed by atoms with E-state index in [9.17, 15) is 28.7 Å². The number of aromatic hydroxyl groups is 1. The van der Waals surface area contributed by atoms with Crippen LogP contribution in [0, 0.1) is 34.9 Å². The second-order valence-electron chi connectivity index (χ2n) is 13.7. The minimum Gasteiger partial charge on any atom is -0.508 e. The molecular formula is C40H33ClFN3O6. The first-order valence-electron chi connectivity index (χ1n) is 16.7. The third-order valence-electron chi connectivity index (χ3n) is 11.2. The van der Waals surface area contributed by atoms with E-state index in [2.05, 4.69) is 5.32 Å². The highest BCUT2D eigenvalue weighted by Crippen LogP contribution is 2.64. The number of methoxy groups -OCH3 is 1. The third kappa shape index (κ3) is 4.95. The number of rotatable bonds is 6.